The Morgan fingerprint density at radius 2 is 1.34 bits per heavy atom. The molecule has 5 atom stereocenters. The van der Waals surface area contributed by atoms with Gasteiger partial charge in [-0.05, 0) is 96.5 Å². The molecule has 1 unspecified atom stereocenters. The Morgan fingerprint density at radius 3 is 2.02 bits per heavy atom. The van der Waals surface area contributed by atoms with Gasteiger partial charge in [0.1, 0.15) is 31.4 Å². The van der Waals surface area contributed by atoms with Gasteiger partial charge >= 0.3 is 6.09 Å². The number of aryl methyl sites for hydroxylation is 1. The number of amides is 6. The first-order valence-corrected chi connectivity index (χ1v) is 30.1. The minimum atomic E-state index is -1.56. The summed E-state index contributed by atoms with van der Waals surface area (Å²) in [6.07, 6.45) is 4.84. The number of imide groups is 1. The zero-order valence-corrected chi connectivity index (χ0v) is 50.2. The summed E-state index contributed by atoms with van der Waals surface area (Å²) >= 11 is 0. The summed E-state index contributed by atoms with van der Waals surface area (Å²) in [7, 11) is 1.44. The van der Waals surface area contributed by atoms with Crippen LogP contribution in [0.15, 0.2) is 114 Å². The second-order valence-corrected chi connectivity index (χ2v) is 23.3. The van der Waals surface area contributed by atoms with Crippen molar-refractivity contribution >= 4 is 64.8 Å². The molecule has 0 saturated heterocycles. The molecule has 0 saturated carbocycles. The van der Waals surface area contributed by atoms with E-state index in [0.29, 0.717) is 60.4 Å². The van der Waals surface area contributed by atoms with Crippen LogP contribution < -0.4 is 24.4 Å². The number of fused-ring (bicyclic) bond motifs is 6. The number of Topliss-reactive ketones (excluding diaryl/α,β-unsaturated/α-hetero) is 2. The number of methoxy groups -OCH3 is 1. The fourth-order valence-corrected chi connectivity index (χ4v) is 11.9. The Morgan fingerprint density at radius 1 is 0.705 bits per heavy atom. The second kappa shape index (κ2) is 27.8. The topological polar surface area (TPSA) is 240 Å². The number of aliphatic hydroxyl groups is 1. The summed E-state index contributed by atoms with van der Waals surface area (Å²) in [6.45, 7) is 8.50. The molecule has 5 aliphatic heterocycles. The number of nitrogens with one attached hydrogen (secondary N) is 1. The molecule has 5 aromatic carbocycles. The van der Waals surface area contributed by atoms with Gasteiger partial charge < -0.3 is 43.9 Å². The number of rotatable bonds is 25. The van der Waals surface area contributed by atoms with E-state index in [2.05, 4.69) is 17.4 Å². The summed E-state index contributed by atoms with van der Waals surface area (Å²) < 4.78 is 29.9. The van der Waals surface area contributed by atoms with Gasteiger partial charge in [0.05, 0.1) is 61.0 Å². The summed E-state index contributed by atoms with van der Waals surface area (Å²) in [5, 5.41) is 15.1. The third-order valence-corrected chi connectivity index (χ3v) is 17.0. The molecule has 0 bridgehead atoms. The van der Waals surface area contributed by atoms with Gasteiger partial charge in [0.2, 0.25) is 5.91 Å². The van der Waals surface area contributed by atoms with Crippen LogP contribution in [0.3, 0.4) is 0 Å². The van der Waals surface area contributed by atoms with Crippen LogP contribution in [0.1, 0.15) is 113 Å². The highest BCUT2D eigenvalue weighted by molar-refractivity contribution is 6.13. The van der Waals surface area contributed by atoms with Gasteiger partial charge in [-0.3, -0.25) is 43.5 Å². The molecule has 0 fully saturated rings. The smallest absolute Gasteiger partial charge is 0.416 e. The van der Waals surface area contributed by atoms with Crippen molar-refractivity contribution in [3.8, 4) is 17.2 Å². The minimum absolute atomic E-state index is 0.00931. The number of nitrogens with zero attached hydrogens (tertiary/aromatic N) is 5. The standard InChI is InChI=1S/C68H74N6O14/c1-41(2)52(33-51(75)17-7-6-12-24-71-62(77)22-23-63(71)78)64(79)70-43(4)58(76)30-44-18-20-45(21-19-44)40-88-68(83)74-56-36-61(60(84-5)34-54(56)66(81)73-39-49-16-11-9-14-47(49)32-57(73)67(74)82)87-28-26-85-25-27-86-59-35-55-53(29-42(59)3)65(80)72-38-48-15-10-8-13-46(48)31-50(72)37-69-55/h8-11,13-16,18-23,29,34-37,41,43,50,52,57,67,82H,6-7,12,17,24-28,30-33,38-40H2,1-5H3,(H,70,79)/t43-,50-,52-,57-,67?/m0/s1. The molecule has 0 aliphatic carbocycles. The minimum Gasteiger partial charge on any atom is -0.493 e. The van der Waals surface area contributed by atoms with Crippen LogP contribution in [0.2, 0.25) is 0 Å². The average Bonchev–Trinajstić information content (AvgIpc) is 1.82. The number of carbonyl (C=O) groups excluding carboxylic acids is 8. The van der Waals surface area contributed by atoms with E-state index in [0.717, 1.165) is 27.2 Å². The number of carbonyl (C=O) groups is 8. The van der Waals surface area contributed by atoms with Crippen molar-refractivity contribution in [3.63, 3.8) is 0 Å². The lowest BCUT2D eigenvalue weighted by atomic mass is 9.88. The largest absolute Gasteiger partial charge is 0.493 e. The predicted octanol–water partition coefficient (Wildman–Crippen LogP) is 8.14. The van der Waals surface area contributed by atoms with E-state index in [4.69, 9.17) is 28.7 Å². The zero-order valence-electron chi connectivity index (χ0n) is 50.2. The summed E-state index contributed by atoms with van der Waals surface area (Å²) in [4.78, 5) is 117. The SMILES string of the molecule is COc1cc2c(cc1OCCOCCOc1cc3c(cc1C)C(=O)N1Cc4ccccc4C[C@H]1C=N3)N(C(=O)OCc1ccc(CC(=O)[C@H](C)NC(=O)[C@@H](CC(=O)CCCCCN3C(=O)C=CC3=O)C(C)C)cc1)C(O)[C@@H]1Cc3ccccc3CN1C2=O. The summed E-state index contributed by atoms with van der Waals surface area (Å²) in [6, 6.07) is 27.4. The number of hydrogen-bond acceptors (Lipinski definition) is 15. The number of ether oxygens (including phenoxy) is 5. The Hall–Kier alpha value is -9.01. The molecule has 88 heavy (non-hydrogen) atoms. The predicted molar refractivity (Wildman–Crippen MR) is 325 cm³/mol. The first-order valence-electron chi connectivity index (χ1n) is 30.1. The molecule has 6 amide bonds. The van der Waals surface area contributed by atoms with Crippen LogP contribution in [0.25, 0.3) is 0 Å². The Labute approximate surface area is 511 Å². The van der Waals surface area contributed by atoms with Gasteiger partial charge in [-0.1, -0.05) is 93.1 Å². The third kappa shape index (κ3) is 14.0. The highest BCUT2D eigenvalue weighted by Gasteiger charge is 2.46. The van der Waals surface area contributed by atoms with Crippen LogP contribution >= 0.6 is 0 Å². The van der Waals surface area contributed by atoms with Gasteiger partial charge in [0.25, 0.3) is 23.6 Å². The first kappa shape index (κ1) is 62.1. The molecule has 5 heterocycles. The lowest BCUT2D eigenvalue weighted by Crippen LogP contribution is -2.55. The van der Waals surface area contributed by atoms with Crippen LogP contribution in [-0.2, 0) is 72.4 Å². The Kier molecular flexibility index (Phi) is 19.6. The Bertz CT molecular complexity index is 3540. The maximum Gasteiger partial charge on any atom is 0.416 e. The molecule has 10 rings (SSSR count). The van der Waals surface area contributed by atoms with E-state index in [9.17, 15) is 43.5 Å². The van der Waals surface area contributed by atoms with E-state index < -0.39 is 36.2 Å². The number of aliphatic imine (C=N–C) groups is 1. The molecule has 460 valence electrons. The highest BCUT2D eigenvalue weighted by atomic mass is 16.6. The number of anilines is 1. The fourth-order valence-electron chi connectivity index (χ4n) is 11.9. The quantitative estimate of drug-likeness (QED) is 0.0414. The van der Waals surface area contributed by atoms with Gasteiger partial charge in [0, 0.05) is 75.3 Å². The van der Waals surface area contributed by atoms with Crippen molar-refractivity contribution in [2.24, 2.45) is 16.8 Å². The third-order valence-electron chi connectivity index (χ3n) is 17.0. The molecule has 2 N–H and O–H groups in total. The maximum absolute atomic E-state index is 14.6. The van der Waals surface area contributed by atoms with E-state index >= 15 is 0 Å². The molecule has 0 aromatic heterocycles. The molecular formula is C68H74N6O14. The number of ketones is 2. The number of aliphatic hydroxyl groups excluding tert-OH is 1. The van der Waals surface area contributed by atoms with Crippen LogP contribution in [0.4, 0.5) is 16.2 Å². The molecule has 20 nitrogen and oxygen atoms in total. The maximum atomic E-state index is 14.6. The summed E-state index contributed by atoms with van der Waals surface area (Å²) in [5.74, 6) is -1.73. The average molecular weight is 1200 g/mol. The van der Waals surface area contributed by atoms with Crippen LogP contribution in [0, 0.1) is 18.8 Å². The van der Waals surface area contributed by atoms with E-state index in [1.807, 2.05) is 74.4 Å². The molecule has 5 aromatic rings. The van der Waals surface area contributed by atoms with Crippen LogP contribution in [-0.4, -0.2) is 138 Å². The van der Waals surface area contributed by atoms with Crippen molar-refractivity contribution in [1.82, 2.24) is 20.0 Å². The van der Waals surface area contributed by atoms with Crippen molar-refractivity contribution in [2.45, 2.75) is 123 Å². The van der Waals surface area contributed by atoms with Gasteiger partial charge in [-0.2, -0.15) is 0 Å². The lowest BCUT2D eigenvalue weighted by molar-refractivity contribution is -0.137. The summed E-state index contributed by atoms with van der Waals surface area (Å²) in [5.41, 5.74) is 7.40. The van der Waals surface area contributed by atoms with Crippen molar-refractivity contribution in [1.29, 1.82) is 0 Å². The fraction of sp³-hybridized carbons (Fsp3) is 0.397. The monoisotopic (exact) mass is 1200 g/mol. The van der Waals surface area contributed by atoms with E-state index in [1.165, 1.54) is 41.9 Å². The highest BCUT2D eigenvalue weighted by Crippen LogP contribution is 2.42. The van der Waals surface area contributed by atoms with Crippen molar-refractivity contribution in [3.05, 3.63) is 159 Å². The van der Waals surface area contributed by atoms with Gasteiger partial charge in [-0.25, -0.2) is 9.69 Å². The molecule has 0 radical (unpaired) electrons. The van der Waals surface area contributed by atoms with Gasteiger partial charge in [0.15, 0.2) is 23.5 Å². The zero-order chi connectivity index (χ0) is 62.2. The molecule has 0 spiro atoms. The number of benzene rings is 5. The lowest BCUT2D eigenvalue weighted by Gasteiger charge is -2.39. The number of hydrogen-bond donors (Lipinski definition) is 2. The molecular weight excluding hydrogens is 1120 g/mol. The van der Waals surface area contributed by atoms with E-state index in [-0.39, 0.29) is 142 Å². The molecule has 20 heteroatoms. The van der Waals surface area contributed by atoms with Gasteiger partial charge in [-0.15, -0.1) is 0 Å². The first-order chi connectivity index (χ1) is 42.5. The normalized spacial score (nSPS) is 18.1. The second-order valence-electron chi connectivity index (χ2n) is 23.3. The molecule has 5 aliphatic rings. The van der Waals surface area contributed by atoms with Crippen LogP contribution in [0.5, 0.6) is 17.2 Å². The number of unbranched alkanes of at least 4 members (excludes halogenated alkanes) is 2. The van der Waals surface area contributed by atoms with Crippen molar-refractivity contribution < 1.29 is 67.1 Å². The Balaban J connectivity index is 0.734. The van der Waals surface area contributed by atoms with Crippen molar-refractivity contribution in [2.75, 3.05) is 45.0 Å². The van der Waals surface area contributed by atoms with E-state index in [1.54, 1.807) is 42.2 Å².